The van der Waals surface area contributed by atoms with Gasteiger partial charge >= 0.3 is 0 Å². The van der Waals surface area contributed by atoms with E-state index in [0.29, 0.717) is 0 Å². The molecule has 0 aliphatic carbocycles. The molecule has 2 aromatic heterocycles. The molecule has 0 fully saturated rings. The van der Waals surface area contributed by atoms with Gasteiger partial charge in [-0.3, -0.25) is 0 Å². The van der Waals surface area contributed by atoms with Crippen molar-refractivity contribution in [2.75, 3.05) is 0 Å². The number of benzene rings is 4. The molecular formula is C23H14S2. The van der Waals surface area contributed by atoms with Gasteiger partial charge in [-0.05, 0) is 42.1 Å². The van der Waals surface area contributed by atoms with Gasteiger partial charge in [0.2, 0.25) is 0 Å². The van der Waals surface area contributed by atoms with Crippen LogP contribution in [0.25, 0.3) is 51.1 Å². The first kappa shape index (κ1) is 13.8. The quantitative estimate of drug-likeness (QED) is 0.260. The van der Waals surface area contributed by atoms with Crippen molar-refractivity contribution in [2.24, 2.45) is 0 Å². The number of thiophene rings is 2. The van der Waals surface area contributed by atoms with Crippen molar-refractivity contribution in [1.29, 1.82) is 0 Å². The second-order valence-electron chi connectivity index (χ2n) is 6.63. The molecule has 2 heteroatoms. The minimum Gasteiger partial charge on any atom is -0.135 e. The molecule has 0 atom stereocenters. The number of hydrogen-bond acceptors (Lipinski definition) is 2. The highest BCUT2D eigenvalue weighted by Crippen LogP contribution is 2.46. The van der Waals surface area contributed by atoms with Gasteiger partial charge < -0.3 is 0 Å². The van der Waals surface area contributed by atoms with Crippen molar-refractivity contribution in [3.8, 4) is 0 Å². The average Bonchev–Trinajstić information content (AvgIpc) is 3.20. The summed E-state index contributed by atoms with van der Waals surface area (Å²) in [7, 11) is 0. The molecule has 6 rings (SSSR count). The SMILES string of the molecule is Cc1cc2ccc3sc4ccccc4c3c2c2c1sc1ccccc12. The smallest absolute Gasteiger partial charge is 0.0391 e. The highest BCUT2D eigenvalue weighted by Gasteiger charge is 2.16. The Bertz CT molecular complexity index is 1450. The third-order valence-electron chi connectivity index (χ3n) is 5.15. The zero-order valence-electron chi connectivity index (χ0n) is 13.7. The summed E-state index contributed by atoms with van der Waals surface area (Å²) in [6.45, 7) is 2.24. The normalized spacial score (nSPS) is 12.2. The topological polar surface area (TPSA) is 0 Å². The molecule has 0 aliphatic rings. The largest absolute Gasteiger partial charge is 0.135 e. The second-order valence-corrected chi connectivity index (χ2v) is 8.77. The van der Waals surface area contributed by atoms with E-state index in [2.05, 4.69) is 73.7 Å². The molecule has 4 aromatic carbocycles. The van der Waals surface area contributed by atoms with Crippen LogP contribution in [0.2, 0.25) is 0 Å². The van der Waals surface area contributed by atoms with E-state index in [9.17, 15) is 0 Å². The van der Waals surface area contributed by atoms with Gasteiger partial charge in [0, 0.05) is 45.7 Å². The first-order valence-electron chi connectivity index (χ1n) is 8.46. The maximum absolute atomic E-state index is 2.36. The minimum atomic E-state index is 1.35. The highest BCUT2D eigenvalue weighted by molar-refractivity contribution is 7.27. The predicted molar refractivity (Wildman–Crippen MR) is 114 cm³/mol. The first-order chi connectivity index (χ1) is 12.3. The van der Waals surface area contributed by atoms with E-state index in [1.807, 2.05) is 22.7 Å². The summed E-state index contributed by atoms with van der Waals surface area (Å²) in [6.07, 6.45) is 0. The van der Waals surface area contributed by atoms with Crippen LogP contribution in [0.4, 0.5) is 0 Å². The summed E-state index contributed by atoms with van der Waals surface area (Å²) in [6, 6.07) is 24.6. The molecular weight excluding hydrogens is 340 g/mol. The third-order valence-corrected chi connectivity index (χ3v) is 7.59. The van der Waals surface area contributed by atoms with Crippen molar-refractivity contribution >= 4 is 73.8 Å². The summed E-state index contributed by atoms with van der Waals surface area (Å²) in [5.74, 6) is 0. The maximum atomic E-state index is 2.36. The van der Waals surface area contributed by atoms with Gasteiger partial charge in [0.15, 0.2) is 0 Å². The number of hydrogen-bond donors (Lipinski definition) is 0. The van der Waals surface area contributed by atoms with Crippen LogP contribution in [-0.4, -0.2) is 0 Å². The molecule has 118 valence electrons. The summed E-state index contributed by atoms with van der Waals surface area (Å²) >= 11 is 3.82. The summed E-state index contributed by atoms with van der Waals surface area (Å²) < 4.78 is 5.56. The molecule has 0 radical (unpaired) electrons. The lowest BCUT2D eigenvalue weighted by Crippen LogP contribution is -1.80. The Hall–Kier alpha value is -2.42. The van der Waals surface area contributed by atoms with Crippen LogP contribution in [0, 0.1) is 6.92 Å². The van der Waals surface area contributed by atoms with Crippen LogP contribution >= 0.6 is 22.7 Å². The maximum Gasteiger partial charge on any atom is 0.0391 e. The summed E-state index contributed by atoms with van der Waals surface area (Å²) in [5.41, 5.74) is 1.38. The predicted octanol–water partition coefficient (Wildman–Crippen LogP) is 7.88. The van der Waals surface area contributed by atoms with Crippen molar-refractivity contribution in [1.82, 2.24) is 0 Å². The lowest BCUT2D eigenvalue weighted by Gasteiger charge is -2.06. The molecule has 25 heavy (non-hydrogen) atoms. The van der Waals surface area contributed by atoms with Gasteiger partial charge in [-0.15, -0.1) is 22.7 Å². The molecule has 0 unspecified atom stereocenters. The number of fused-ring (bicyclic) bond motifs is 9. The Morgan fingerprint density at radius 2 is 1.28 bits per heavy atom. The molecule has 0 nitrogen and oxygen atoms in total. The molecule has 0 N–H and O–H groups in total. The fourth-order valence-corrected chi connectivity index (χ4v) is 6.39. The van der Waals surface area contributed by atoms with Gasteiger partial charge in [-0.25, -0.2) is 0 Å². The second kappa shape index (κ2) is 4.81. The zero-order valence-corrected chi connectivity index (χ0v) is 15.3. The Morgan fingerprint density at radius 1 is 0.600 bits per heavy atom. The van der Waals surface area contributed by atoms with Crippen LogP contribution in [0.15, 0.2) is 66.7 Å². The van der Waals surface area contributed by atoms with Crippen LogP contribution < -0.4 is 0 Å². The van der Waals surface area contributed by atoms with E-state index in [0.717, 1.165) is 0 Å². The number of aryl methyl sites for hydroxylation is 1. The van der Waals surface area contributed by atoms with Gasteiger partial charge in [-0.1, -0.05) is 42.5 Å². The highest BCUT2D eigenvalue weighted by atomic mass is 32.1. The van der Waals surface area contributed by atoms with E-state index < -0.39 is 0 Å². The molecule has 6 aromatic rings. The molecule has 0 saturated heterocycles. The molecule has 0 aliphatic heterocycles. The van der Waals surface area contributed by atoms with Gasteiger partial charge in [0.25, 0.3) is 0 Å². The lowest BCUT2D eigenvalue weighted by molar-refractivity contribution is 1.59. The fourth-order valence-electron chi connectivity index (χ4n) is 4.09. The van der Waals surface area contributed by atoms with Gasteiger partial charge in [0.1, 0.15) is 0 Å². The van der Waals surface area contributed by atoms with E-state index in [1.165, 1.54) is 56.7 Å². The van der Waals surface area contributed by atoms with Crippen molar-refractivity contribution < 1.29 is 0 Å². The monoisotopic (exact) mass is 354 g/mol. The van der Waals surface area contributed by atoms with Crippen molar-refractivity contribution in [3.05, 3.63) is 72.3 Å². The molecule has 0 saturated carbocycles. The Labute approximate surface area is 152 Å². The standard InChI is InChI=1S/C23H14S2/c1-13-12-14-10-11-19-21(15-6-2-4-8-17(15)24-19)20(14)22-16-7-3-5-9-18(16)25-23(13)22/h2-12H,1H3. The molecule has 0 bridgehead atoms. The Kier molecular flexibility index (Phi) is 2.66. The zero-order chi connectivity index (χ0) is 16.5. The Morgan fingerprint density at radius 3 is 2.08 bits per heavy atom. The third kappa shape index (κ3) is 1.76. The van der Waals surface area contributed by atoms with E-state index in [-0.39, 0.29) is 0 Å². The molecule has 0 amide bonds. The minimum absolute atomic E-state index is 1.35. The van der Waals surface area contributed by atoms with Crippen LogP contribution in [0.3, 0.4) is 0 Å². The first-order valence-corrected chi connectivity index (χ1v) is 10.1. The molecule has 2 heterocycles. The Balaban J connectivity index is 2.04. The average molecular weight is 354 g/mol. The van der Waals surface area contributed by atoms with E-state index >= 15 is 0 Å². The van der Waals surface area contributed by atoms with Crippen LogP contribution in [0.1, 0.15) is 5.56 Å². The fraction of sp³-hybridized carbons (Fsp3) is 0.0435. The van der Waals surface area contributed by atoms with Gasteiger partial charge in [0.05, 0.1) is 0 Å². The van der Waals surface area contributed by atoms with E-state index in [4.69, 9.17) is 0 Å². The van der Waals surface area contributed by atoms with Crippen molar-refractivity contribution in [3.63, 3.8) is 0 Å². The van der Waals surface area contributed by atoms with Crippen molar-refractivity contribution in [2.45, 2.75) is 6.92 Å². The van der Waals surface area contributed by atoms with Gasteiger partial charge in [-0.2, -0.15) is 0 Å². The summed E-state index contributed by atoms with van der Waals surface area (Å²) in [5, 5.41) is 8.40. The number of rotatable bonds is 0. The lowest BCUT2D eigenvalue weighted by atomic mass is 9.97. The van der Waals surface area contributed by atoms with Crippen LogP contribution in [-0.2, 0) is 0 Å². The molecule has 0 spiro atoms. The van der Waals surface area contributed by atoms with E-state index in [1.54, 1.807) is 0 Å². The van der Waals surface area contributed by atoms with Crippen LogP contribution in [0.5, 0.6) is 0 Å². The summed E-state index contributed by atoms with van der Waals surface area (Å²) in [4.78, 5) is 0.